The van der Waals surface area contributed by atoms with Crippen molar-refractivity contribution in [2.75, 3.05) is 13.2 Å². The van der Waals surface area contributed by atoms with Gasteiger partial charge in [-0.3, -0.25) is 4.79 Å². The molecule has 0 aromatic heterocycles. The minimum Gasteiger partial charge on any atom is -0.463 e. The van der Waals surface area contributed by atoms with Crippen LogP contribution in [0.4, 0.5) is 0 Å². The first kappa shape index (κ1) is 14.2. The summed E-state index contributed by atoms with van der Waals surface area (Å²) >= 11 is 0. The SMILES string of the molecule is CCC/C=C/CCCCCC(=O)OCC1CO1. The monoisotopic (exact) mass is 240 g/mol. The zero-order valence-electron chi connectivity index (χ0n) is 10.8. The highest BCUT2D eigenvalue weighted by atomic mass is 16.6. The fraction of sp³-hybridized carbons (Fsp3) is 0.786. The minimum absolute atomic E-state index is 0.0815. The van der Waals surface area contributed by atoms with Crippen molar-refractivity contribution < 1.29 is 14.3 Å². The van der Waals surface area contributed by atoms with E-state index in [1.165, 1.54) is 19.3 Å². The molecule has 98 valence electrons. The lowest BCUT2D eigenvalue weighted by atomic mass is 10.1. The standard InChI is InChI=1S/C14H24O3/c1-2-3-4-5-6-7-8-9-10-14(15)17-12-13-11-16-13/h4-5,13H,2-3,6-12H2,1H3/b5-4+. The highest BCUT2D eigenvalue weighted by Gasteiger charge is 2.23. The van der Waals surface area contributed by atoms with E-state index in [9.17, 15) is 4.79 Å². The first-order valence-corrected chi connectivity index (χ1v) is 6.75. The molecule has 1 fully saturated rings. The van der Waals surface area contributed by atoms with Crippen LogP contribution in [0.15, 0.2) is 12.2 Å². The van der Waals surface area contributed by atoms with E-state index in [0.29, 0.717) is 13.0 Å². The topological polar surface area (TPSA) is 38.8 Å². The van der Waals surface area contributed by atoms with Gasteiger partial charge < -0.3 is 9.47 Å². The summed E-state index contributed by atoms with van der Waals surface area (Å²) in [6, 6.07) is 0. The van der Waals surface area contributed by atoms with E-state index in [-0.39, 0.29) is 12.1 Å². The normalized spacial score (nSPS) is 18.5. The van der Waals surface area contributed by atoms with E-state index in [4.69, 9.17) is 9.47 Å². The molecule has 1 atom stereocenters. The Morgan fingerprint density at radius 2 is 2.06 bits per heavy atom. The van der Waals surface area contributed by atoms with Gasteiger partial charge in [-0.05, 0) is 25.7 Å². The zero-order chi connectivity index (χ0) is 12.3. The van der Waals surface area contributed by atoms with Crippen molar-refractivity contribution >= 4 is 5.97 Å². The van der Waals surface area contributed by atoms with Crippen LogP contribution in [0.3, 0.4) is 0 Å². The van der Waals surface area contributed by atoms with Crippen LogP contribution in [0.25, 0.3) is 0 Å². The highest BCUT2D eigenvalue weighted by molar-refractivity contribution is 5.69. The second-order valence-corrected chi connectivity index (χ2v) is 4.50. The summed E-state index contributed by atoms with van der Waals surface area (Å²) in [5.74, 6) is -0.0815. The molecule has 0 bridgehead atoms. The number of carbonyl (C=O) groups is 1. The van der Waals surface area contributed by atoms with E-state index in [0.717, 1.165) is 25.9 Å². The number of allylic oxidation sites excluding steroid dienone is 2. The summed E-state index contributed by atoms with van der Waals surface area (Å²) in [6.07, 6.45) is 11.9. The molecule has 1 aliphatic rings. The molecule has 3 heteroatoms. The van der Waals surface area contributed by atoms with Crippen LogP contribution in [-0.2, 0) is 14.3 Å². The average Bonchev–Trinajstić information content (AvgIpc) is 3.14. The first-order chi connectivity index (χ1) is 8.33. The molecular weight excluding hydrogens is 216 g/mol. The number of ether oxygens (including phenoxy) is 2. The number of hydrogen-bond acceptors (Lipinski definition) is 3. The van der Waals surface area contributed by atoms with Crippen molar-refractivity contribution in [2.24, 2.45) is 0 Å². The van der Waals surface area contributed by atoms with Crippen LogP contribution in [0.2, 0.25) is 0 Å². The van der Waals surface area contributed by atoms with Gasteiger partial charge in [0, 0.05) is 6.42 Å². The Morgan fingerprint density at radius 3 is 2.76 bits per heavy atom. The molecule has 0 radical (unpaired) electrons. The molecule has 1 unspecified atom stereocenters. The number of carbonyl (C=O) groups excluding carboxylic acids is 1. The van der Waals surface area contributed by atoms with Gasteiger partial charge in [0.2, 0.25) is 0 Å². The maximum Gasteiger partial charge on any atom is 0.305 e. The molecule has 0 spiro atoms. The van der Waals surface area contributed by atoms with Crippen molar-refractivity contribution in [3.05, 3.63) is 12.2 Å². The van der Waals surface area contributed by atoms with Crippen LogP contribution in [0.1, 0.15) is 51.9 Å². The maximum absolute atomic E-state index is 11.3. The van der Waals surface area contributed by atoms with Gasteiger partial charge in [0.15, 0.2) is 0 Å². The predicted molar refractivity (Wildman–Crippen MR) is 67.8 cm³/mol. The Bertz CT molecular complexity index is 232. The van der Waals surface area contributed by atoms with Crippen LogP contribution in [0.5, 0.6) is 0 Å². The summed E-state index contributed by atoms with van der Waals surface area (Å²) in [6.45, 7) is 3.37. The Hall–Kier alpha value is -0.830. The second kappa shape index (κ2) is 9.23. The third kappa shape index (κ3) is 8.93. The van der Waals surface area contributed by atoms with Crippen molar-refractivity contribution in [3.63, 3.8) is 0 Å². The van der Waals surface area contributed by atoms with Gasteiger partial charge in [-0.2, -0.15) is 0 Å². The molecule has 0 aromatic carbocycles. The van der Waals surface area contributed by atoms with Gasteiger partial charge in [0.05, 0.1) is 6.61 Å². The molecule has 1 aliphatic heterocycles. The maximum atomic E-state index is 11.3. The molecule has 17 heavy (non-hydrogen) atoms. The number of unbranched alkanes of at least 4 members (excludes halogenated alkanes) is 4. The van der Waals surface area contributed by atoms with Crippen molar-refractivity contribution in [1.29, 1.82) is 0 Å². The smallest absolute Gasteiger partial charge is 0.305 e. The van der Waals surface area contributed by atoms with E-state index in [2.05, 4.69) is 19.1 Å². The van der Waals surface area contributed by atoms with Crippen LogP contribution in [-0.4, -0.2) is 25.3 Å². The average molecular weight is 240 g/mol. The number of esters is 1. The Balaban J connectivity index is 1.80. The number of rotatable bonds is 10. The van der Waals surface area contributed by atoms with Crippen molar-refractivity contribution in [3.8, 4) is 0 Å². The molecule has 0 aliphatic carbocycles. The van der Waals surface area contributed by atoms with Gasteiger partial charge in [0.25, 0.3) is 0 Å². The van der Waals surface area contributed by atoms with Gasteiger partial charge in [-0.15, -0.1) is 0 Å². The molecule has 0 saturated carbocycles. The van der Waals surface area contributed by atoms with E-state index < -0.39 is 0 Å². The fourth-order valence-electron chi connectivity index (χ4n) is 1.53. The molecule has 0 N–H and O–H groups in total. The van der Waals surface area contributed by atoms with Gasteiger partial charge in [-0.1, -0.05) is 31.9 Å². The Kier molecular flexibility index (Phi) is 7.72. The Morgan fingerprint density at radius 1 is 1.29 bits per heavy atom. The summed E-state index contributed by atoms with van der Waals surface area (Å²) in [7, 11) is 0. The van der Waals surface area contributed by atoms with Crippen LogP contribution in [0, 0.1) is 0 Å². The van der Waals surface area contributed by atoms with Gasteiger partial charge >= 0.3 is 5.97 Å². The minimum atomic E-state index is -0.0815. The first-order valence-electron chi connectivity index (χ1n) is 6.75. The molecule has 0 aromatic rings. The van der Waals surface area contributed by atoms with Gasteiger partial charge in [0.1, 0.15) is 12.7 Å². The third-order valence-corrected chi connectivity index (χ3v) is 2.71. The van der Waals surface area contributed by atoms with Crippen LogP contribution < -0.4 is 0 Å². The molecule has 1 heterocycles. The van der Waals surface area contributed by atoms with E-state index in [1.807, 2.05) is 0 Å². The quantitative estimate of drug-likeness (QED) is 0.255. The predicted octanol–water partition coefficient (Wildman–Crippen LogP) is 3.24. The highest BCUT2D eigenvalue weighted by Crippen LogP contribution is 2.10. The zero-order valence-corrected chi connectivity index (χ0v) is 10.8. The second-order valence-electron chi connectivity index (χ2n) is 4.50. The molecule has 0 amide bonds. The third-order valence-electron chi connectivity index (χ3n) is 2.71. The van der Waals surface area contributed by atoms with E-state index in [1.54, 1.807) is 0 Å². The molecule has 3 nitrogen and oxygen atoms in total. The van der Waals surface area contributed by atoms with Crippen LogP contribution >= 0.6 is 0 Å². The van der Waals surface area contributed by atoms with Crippen molar-refractivity contribution in [2.45, 2.75) is 58.0 Å². The number of hydrogen-bond donors (Lipinski definition) is 0. The summed E-state index contributed by atoms with van der Waals surface area (Å²) < 4.78 is 10.0. The molecule has 1 saturated heterocycles. The fourth-order valence-corrected chi connectivity index (χ4v) is 1.53. The summed E-state index contributed by atoms with van der Waals surface area (Å²) in [5.41, 5.74) is 0. The van der Waals surface area contributed by atoms with Crippen molar-refractivity contribution in [1.82, 2.24) is 0 Å². The number of epoxide rings is 1. The van der Waals surface area contributed by atoms with Gasteiger partial charge in [-0.25, -0.2) is 0 Å². The summed E-state index contributed by atoms with van der Waals surface area (Å²) in [4.78, 5) is 11.3. The lowest BCUT2D eigenvalue weighted by Crippen LogP contribution is -2.09. The van der Waals surface area contributed by atoms with E-state index >= 15 is 0 Å². The lowest BCUT2D eigenvalue weighted by Gasteiger charge is -2.02. The Labute approximate surface area is 104 Å². The summed E-state index contributed by atoms with van der Waals surface area (Å²) in [5, 5.41) is 0. The lowest BCUT2D eigenvalue weighted by molar-refractivity contribution is -0.144. The molecular formula is C14H24O3. The molecule has 1 rings (SSSR count). The largest absolute Gasteiger partial charge is 0.463 e.